The van der Waals surface area contributed by atoms with Gasteiger partial charge in [-0.05, 0) is 12.8 Å². The number of hydrogen-bond acceptors (Lipinski definition) is 3. The van der Waals surface area contributed by atoms with Gasteiger partial charge in [-0.2, -0.15) is 0 Å². The van der Waals surface area contributed by atoms with Crippen LogP contribution in [0.2, 0.25) is 0 Å². The molecule has 2 unspecified atom stereocenters. The van der Waals surface area contributed by atoms with Gasteiger partial charge in [0.1, 0.15) is 0 Å². The van der Waals surface area contributed by atoms with Crippen molar-refractivity contribution in [2.45, 2.75) is 44.2 Å². The van der Waals surface area contributed by atoms with Crippen LogP contribution in [0.1, 0.15) is 32.1 Å². The maximum atomic E-state index is 11.8. The molecular formula is C10H18ClNO2. The first-order valence-electron chi connectivity index (χ1n) is 5.20. The Balaban J connectivity index is 2.46. The van der Waals surface area contributed by atoms with Crippen molar-refractivity contribution in [1.82, 2.24) is 0 Å². The van der Waals surface area contributed by atoms with E-state index in [0.29, 0.717) is 0 Å². The number of carbonyl (C=O) groups excluding carboxylic acids is 1. The van der Waals surface area contributed by atoms with Crippen LogP contribution in [0.3, 0.4) is 0 Å². The maximum absolute atomic E-state index is 11.8. The van der Waals surface area contributed by atoms with Crippen molar-refractivity contribution < 1.29 is 9.90 Å². The first kappa shape index (κ1) is 12.0. The van der Waals surface area contributed by atoms with E-state index >= 15 is 0 Å². The number of carbonyl (C=O) groups is 1. The monoisotopic (exact) mass is 219 g/mol. The minimum Gasteiger partial charge on any atom is -0.390 e. The molecule has 1 rings (SSSR count). The Bertz CT molecular complexity index is 189. The lowest BCUT2D eigenvalue weighted by Gasteiger charge is -2.25. The van der Waals surface area contributed by atoms with E-state index in [4.69, 9.17) is 17.3 Å². The van der Waals surface area contributed by atoms with Gasteiger partial charge in [0.05, 0.1) is 18.0 Å². The van der Waals surface area contributed by atoms with Crippen molar-refractivity contribution in [3.8, 4) is 0 Å². The van der Waals surface area contributed by atoms with E-state index in [9.17, 15) is 9.90 Å². The molecule has 4 heteroatoms. The second-order valence-corrected chi connectivity index (χ2v) is 4.29. The van der Waals surface area contributed by atoms with E-state index in [-0.39, 0.29) is 17.6 Å². The van der Waals surface area contributed by atoms with Gasteiger partial charge in [0.2, 0.25) is 0 Å². The highest BCUT2D eigenvalue weighted by molar-refractivity contribution is 6.18. The predicted octanol–water partition coefficient (Wildman–Crippen LogP) is 1.06. The molecule has 0 bridgehead atoms. The number of Topliss-reactive ketones (excluding diaryl/α,β-unsaturated/α-hetero) is 1. The Labute approximate surface area is 89.6 Å². The van der Waals surface area contributed by atoms with Gasteiger partial charge in [0, 0.05) is 5.92 Å². The zero-order valence-corrected chi connectivity index (χ0v) is 9.04. The lowest BCUT2D eigenvalue weighted by molar-refractivity contribution is -0.127. The molecule has 0 radical (unpaired) electrons. The van der Waals surface area contributed by atoms with E-state index in [1.54, 1.807) is 0 Å². The number of rotatable bonds is 4. The fraction of sp³-hybridized carbons (Fsp3) is 0.900. The third-order valence-electron chi connectivity index (χ3n) is 2.91. The largest absolute Gasteiger partial charge is 0.390 e. The molecule has 3 nitrogen and oxygen atoms in total. The van der Waals surface area contributed by atoms with Crippen LogP contribution in [0.25, 0.3) is 0 Å². The summed E-state index contributed by atoms with van der Waals surface area (Å²) >= 11 is 5.45. The van der Waals surface area contributed by atoms with Gasteiger partial charge in [0.15, 0.2) is 5.78 Å². The van der Waals surface area contributed by atoms with Gasteiger partial charge in [-0.3, -0.25) is 4.79 Å². The molecule has 0 aromatic heterocycles. The van der Waals surface area contributed by atoms with Gasteiger partial charge in [-0.15, -0.1) is 11.6 Å². The summed E-state index contributed by atoms with van der Waals surface area (Å²) in [6, 6.07) is -0.796. The lowest BCUT2D eigenvalue weighted by atomic mass is 9.83. The van der Waals surface area contributed by atoms with E-state index in [1.807, 2.05) is 0 Å². The number of ketones is 1. The van der Waals surface area contributed by atoms with Crippen LogP contribution >= 0.6 is 11.6 Å². The SMILES string of the molecule is NC(C(=O)C1CCCCC1)C(O)CCl. The number of aliphatic hydroxyl groups excluding tert-OH is 1. The lowest BCUT2D eigenvalue weighted by Crippen LogP contribution is -2.46. The van der Waals surface area contributed by atoms with Crippen molar-refractivity contribution in [2.75, 3.05) is 5.88 Å². The molecule has 1 aliphatic carbocycles. The van der Waals surface area contributed by atoms with Crippen LogP contribution in [0.5, 0.6) is 0 Å². The molecule has 82 valence electrons. The summed E-state index contributed by atoms with van der Waals surface area (Å²) in [6.07, 6.45) is 4.34. The van der Waals surface area contributed by atoms with Crippen LogP contribution in [-0.4, -0.2) is 28.9 Å². The number of alkyl halides is 1. The zero-order chi connectivity index (χ0) is 10.6. The third-order valence-corrected chi connectivity index (χ3v) is 3.22. The van der Waals surface area contributed by atoms with Crippen molar-refractivity contribution in [3.05, 3.63) is 0 Å². The molecule has 1 saturated carbocycles. The zero-order valence-electron chi connectivity index (χ0n) is 8.29. The Kier molecular flexibility index (Phi) is 4.85. The Morgan fingerprint density at radius 3 is 2.50 bits per heavy atom. The quantitative estimate of drug-likeness (QED) is 0.696. The standard InChI is InChI=1S/C10H18ClNO2/c11-6-8(13)9(12)10(14)7-4-2-1-3-5-7/h7-9,13H,1-6,12H2. The summed E-state index contributed by atoms with van der Waals surface area (Å²) in [5.74, 6) is 0.0640. The van der Waals surface area contributed by atoms with Gasteiger partial charge >= 0.3 is 0 Å². The molecule has 0 spiro atoms. The molecule has 0 aromatic rings. The molecule has 0 amide bonds. The Morgan fingerprint density at radius 1 is 1.43 bits per heavy atom. The van der Waals surface area contributed by atoms with Crippen molar-refractivity contribution in [1.29, 1.82) is 0 Å². The molecule has 1 fully saturated rings. The summed E-state index contributed by atoms with van der Waals surface area (Å²) in [5.41, 5.74) is 5.62. The number of aliphatic hydroxyl groups is 1. The molecular weight excluding hydrogens is 202 g/mol. The smallest absolute Gasteiger partial charge is 0.155 e. The van der Waals surface area contributed by atoms with Crippen molar-refractivity contribution >= 4 is 17.4 Å². The van der Waals surface area contributed by atoms with Crippen LogP contribution < -0.4 is 5.73 Å². The van der Waals surface area contributed by atoms with Crippen LogP contribution in [-0.2, 0) is 4.79 Å². The highest BCUT2D eigenvalue weighted by Crippen LogP contribution is 2.25. The molecule has 1 aliphatic rings. The summed E-state index contributed by atoms with van der Waals surface area (Å²) in [7, 11) is 0. The van der Waals surface area contributed by atoms with Gasteiger partial charge in [-0.1, -0.05) is 19.3 Å². The van der Waals surface area contributed by atoms with Crippen LogP contribution in [0.15, 0.2) is 0 Å². The normalized spacial score (nSPS) is 23.1. The maximum Gasteiger partial charge on any atom is 0.155 e. The van der Waals surface area contributed by atoms with Crippen molar-refractivity contribution in [3.63, 3.8) is 0 Å². The minimum atomic E-state index is -0.897. The molecule has 0 aliphatic heterocycles. The second kappa shape index (κ2) is 5.69. The van der Waals surface area contributed by atoms with Crippen molar-refractivity contribution in [2.24, 2.45) is 11.7 Å². The number of nitrogens with two attached hydrogens (primary N) is 1. The molecule has 0 saturated heterocycles. The first-order valence-corrected chi connectivity index (χ1v) is 5.73. The number of hydrogen-bond donors (Lipinski definition) is 2. The minimum absolute atomic E-state index is 0.0159. The molecule has 0 aromatic carbocycles. The van der Waals surface area contributed by atoms with E-state index < -0.39 is 12.1 Å². The highest BCUT2D eigenvalue weighted by Gasteiger charge is 2.29. The highest BCUT2D eigenvalue weighted by atomic mass is 35.5. The van der Waals surface area contributed by atoms with Gasteiger partial charge in [0.25, 0.3) is 0 Å². The van der Waals surface area contributed by atoms with Crippen LogP contribution in [0, 0.1) is 5.92 Å². The Hall–Kier alpha value is -0.120. The average Bonchev–Trinajstić information content (AvgIpc) is 2.27. The molecule has 14 heavy (non-hydrogen) atoms. The number of halogens is 1. The van der Waals surface area contributed by atoms with E-state index in [2.05, 4.69) is 0 Å². The Morgan fingerprint density at radius 2 is 2.00 bits per heavy atom. The summed E-state index contributed by atoms with van der Waals surface area (Å²) in [6.45, 7) is 0. The topological polar surface area (TPSA) is 63.3 Å². The average molecular weight is 220 g/mol. The summed E-state index contributed by atoms with van der Waals surface area (Å²) in [4.78, 5) is 11.8. The summed E-state index contributed by atoms with van der Waals surface area (Å²) in [5, 5.41) is 9.35. The van der Waals surface area contributed by atoms with Crippen LogP contribution in [0.4, 0.5) is 0 Å². The predicted molar refractivity (Wildman–Crippen MR) is 56.3 cm³/mol. The second-order valence-electron chi connectivity index (χ2n) is 3.98. The third kappa shape index (κ3) is 2.94. The van der Waals surface area contributed by atoms with Gasteiger partial charge in [-0.25, -0.2) is 0 Å². The first-order chi connectivity index (χ1) is 6.66. The fourth-order valence-electron chi connectivity index (χ4n) is 1.94. The molecule has 2 atom stereocenters. The summed E-state index contributed by atoms with van der Waals surface area (Å²) < 4.78 is 0. The molecule has 3 N–H and O–H groups in total. The van der Waals surface area contributed by atoms with Gasteiger partial charge < -0.3 is 10.8 Å². The van der Waals surface area contributed by atoms with E-state index in [1.165, 1.54) is 6.42 Å². The van der Waals surface area contributed by atoms with E-state index in [0.717, 1.165) is 25.7 Å². The fourth-order valence-corrected chi connectivity index (χ4v) is 2.14. The molecule has 0 heterocycles.